The molecule has 0 aliphatic carbocycles. The second-order valence-electron chi connectivity index (χ2n) is 6.10. The maximum Gasteiger partial charge on any atom is 0.292 e. The van der Waals surface area contributed by atoms with Gasteiger partial charge in [-0.15, -0.1) is 0 Å². The van der Waals surface area contributed by atoms with E-state index in [0.29, 0.717) is 46.0 Å². The van der Waals surface area contributed by atoms with Crippen LogP contribution in [0.15, 0.2) is 29.2 Å². The summed E-state index contributed by atoms with van der Waals surface area (Å²) >= 11 is 18.3. The van der Waals surface area contributed by atoms with Crippen LogP contribution < -0.4 is 21.7 Å². The molecule has 3 N–H and O–H groups in total. The molecule has 2 atom stereocenters. The second kappa shape index (κ2) is 7.51. The number of hydrogen-bond donors (Lipinski definition) is 3. The molecule has 2 heterocycles. The van der Waals surface area contributed by atoms with Crippen LogP contribution in [-0.2, 0) is 0 Å². The first-order valence-electron chi connectivity index (χ1n) is 7.86. The molecule has 0 bridgehead atoms. The number of nitrogens with one attached hydrogen (secondary N) is 3. The maximum absolute atomic E-state index is 12.6. The van der Waals surface area contributed by atoms with E-state index in [2.05, 4.69) is 35.1 Å². The first-order valence-corrected chi connectivity index (χ1v) is 9.00. The van der Waals surface area contributed by atoms with Crippen molar-refractivity contribution >= 4 is 40.5 Å². The number of hydrazine groups is 1. The lowest BCUT2D eigenvalue weighted by molar-refractivity contribution is 0.466. The van der Waals surface area contributed by atoms with Crippen LogP contribution in [-0.4, -0.2) is 28.4 Å². The first-order chi connectivity index (χ1) is 11.9. The predicted octanol–water partition coefficient (Wildman–Crippen LogP) is 3.11. The van der Waals surface area contributed by atoms with E-state index in [1.807, 2.05) is 0 Å². The summed E-state index contributed by atoms with van der Waals surface area (Å²) in [5.41, 5.74) is 6.87. The van der Waals surface area contributed by atoms with Crippen molar-refractivity contribution in [1.29, 1.82) is 0 Å². The van der Waals surface area contributed by atoms with Crippen molar-refractivity contribution in [3.63, 3.8) is 0 Å². The summed E-state index contributed by atoms with van der Waals surface area (Å²) in [5.74, 6) is 0.351. The summed E-state index contributed by atoms with van der Waals surface area (Å²) in [5, 5.41) is 8.27. The standard InChI is InChI=1S/C16H18Cl3N5O/c1-8-11(9(2)23-22-8)6-20-13-7-21-24(16(25)15(13)19)14-4-3-10(17)5-12(14)18/h3-5,7-9,11,20,22-23H,6H2,1-2H3. The number of rotatable bonds is 4. The van der Waals surface area contributed by atoms with E-state index in [1.165, 1.54) is 6.20 Å². The molecule has 6 nitrogen and oxygen atoms in total. The molecule has 0 spiro atoms. The highest BCUT2D eigenvalue weighted by atomic mass is 35.5. The van der Waals surface area contributed by atoms with Crippen molar-refractivity contribution in [3.05, 3.63) is 49.8 Å². The minimum absolute atomic E-state index is 0.0697. The smallest absolute Gasteiger partial charge is 0.292 e. The Labute approximate surface area is 160 Å². The fourth-order valence-electron chi connectivity index (χ4n) is 2.87. The lowest BCUT2D eigenvalue weighted by Gasteiger charge is -2.19. The quantitative estimate of drug-likeness (QED) is 0.733. The van der Waals surface area contributed by atoms with Crippen molar-refractivity contribution in [3.8, 4) is 5.69 Å². The van der Waals surface area contributed by atoms with Crippen molar-refractivity contribution in [2.45, 2.75) is 25.9 Å². The van der Waals surface area contributed by atoms with Crippen molar-refractivity contribution in [2.75, 3.05) is 11.9 Å². The Morgan fingerprint density at radius 2 is 1.88 bits per heavy atom. The van der Waals surface area contributed by atoms with Crippen molar-refractivity contribution in [2.24, 2.45) is 5.92 Å². The summed E-state index contributed by atoms with van der Waals surface area (Å²) in [7, 11) is 0. The molecule has 1 aromatic carbocycles. The Morgan fingerprint density at radius 1 is 1.20 bits per heavy atom. The van der Waals surface area contributed by atoms with Crippen LogP contribution in [0.2, 0.25) is 15.1 Å². The molecule has 1 fully saturated rings. The lowest BCUT2D eigenvalue weighted by Crippen LogP contribution is -2.31. The van der Waals surface area contributed by atoms with E-state index in [1.54, 1.807) is 18.2 Å². The van der Waals surface area contributed by atoms with Gasteiger partial charge in [0.25, 0.3) is 5.56 Å². The minimum Gasteiger partial charge on any atom is -0.382 e. The number of benzene rings is 1. The molecule has 2 unspecified atom stereocenters. The molecule has 134 valence electrons. The molecule has 1 aliphatic rings. The molecule has 0 amide bonds. The third-order valence-corrected chi connectivity index (χ3v) is 5.31. The van der Waals surface area contributed by atoms with Gasteiger partial charge in [-0.25, -0.2) is 0 Å². The number of hydrogen-bond acceptors (Lipinski definition) is 5. The van der Waals surface area contributed by atoms with Gasteiger partial charge in [0, 0.05) is 29.6 Å². The maximum atomic E-state index is 12.6. The zero-order valence-corrected chi connectivity index (χ0v) is 16.0. The molecule has 1 aliphatic heterocycles. The van der Waals surface area contributed by atoms with E-state index in [0.717, 1.165) is 4.68 Å². The molecule has 0 radical (unpaired) electrons. The molecule has 1 saturated heterocycles. The fourth-order valence-corrected chi connectivity index (χ4v) is 3.56. The van der Waals surface area contributed by atoms with Crippen LogP contribution in [0.25, 0.3) is 5.69 Å². The number of halogens is 3. The normalized spacial score (nSPS) is 23.0. The van der Waals surface area contributed by atoms with E-state index in [-0.39, 0.29) is 5.02 Å². The van der Waals surface area contributed by atoms with Gasteiger partial charge in [-0.05, 0) is 32.0 Å². The Hall–Kier alpha value is -1.31. The molecule has 25 heavy (non-hydrogen) atoms. The Bertz CT molecular complexity index is 831. The van der Waals surface area contributed by atoms with E-state index < -0.39 is 5.56 Å². The number of aromatic nitrogens is 2. The zero-order valence-electron chi connectivity index (χ0n) is 13.7. The third-order valence-electron chi connectivity index (χ3n) is 4.41. The molecular weight excluding hydrogens is 385 g/mol. The average molecular weight is 403 g/mol. The summed E-state index contributed by atoms with van der Waals surface area (Å²) in [6, 6.07) is 5.43. The molecule has 1 aromatic heterocycles. The Balaban J connectivity index is 1.84. The average Bonchev–Trinajstić information content (AvgIpc) is 2.88. The fraction of sp³-hybridized carbons (Fsp3) is 0.375. The summed E-state index contributed by atoms with van der Waals surface area (Å²) < 4.78 is 1.16. The van der Waals surface area contributed by atoms with Crippen LogP contribution in [0, 0.1) is 5.92 Å². The predicted molar refractivity (Wildman–Crippen MR) is 102 cm³/mol. The van der Waals surface area contributed by atoms with Crippen LogP contribution >= 0.6 is 34.8 Å². The summed E-state index contributed by atoms with van der Waals surface area (Å²) in [6.07, 6.45) is 1.53. The monoisotopic (exact) mass is 401 g/mol. The summed E-state index contributed by atoms with van der Waals surface area (Å²) in [6.45, 7) is 4.86. The van der Waals surface area contributed by atoms with Gasteiger partial charge in [-0.1, -0.05) is 34.8 Å². The Morgan fingerprint density at radius 3 is 2.52 bits per heavy atom. The van der Waals surface area contributed by atoms with Gasteiger partial charge in [0.05, 0.1) is 22.6 Å². The highest BCUT2D eigenvalue weighted by Crippen LogP contribution is 2.25. The van der Waals surface area contributed by atoms with E-state index >= 15 is 0 Å². The van der Waals surface area contributed by atoms with Gasteiger partial charge in [-0.2, -0.15) is 9.78 Å². The van der Waals surface area contributed by atoms with Gasteiger partial charge in [0.1, 0.15) is 5.02 Å². The van der Waals surface area contributed by atoms with E-state index in [4.69, 9.17) is 34.8 Å². The van der Waals surface area contributed by atoms with Gasteiger partial charge in [-0.3, -0.25) is 15.6 Å². The van der Waals surface area contributed by atoms with Gasteiger partial charge < -0.3 is 5.32 Å². The molecule has 2 aromatic rings. The van der Waals surface area contributed by atoms with Crippen molar-refractivity contribution < 1.29 is 0 Å². The van der Waals surface area contributed by atoms with E-state index in [9.17, 15) is 4.79 Å². The minimum atomic E-state index is -0.445. The van der Waals surface area contributed by atoms with Crippen LogP contribution in [0.3, 0.4) is 0 Å². The Kier molecular flexibility index (Phi) is 5.55. The van der Waals surface area contributed by atoms with Gasteiger partial charge in [0.2, 0.25) is 0 Å². The van der Waals surface area contributed by atoms with Crippen LogP contribution in [0.1, 0.15) is 13.8 Å². The SMILES string of the molecule is CC1NNC(C)C1CNc1cnn(-c2ccc(Cl)cc2Cl)c(=O)c1Cl. The zero-order chi connectivity index (χ0) is 18.1. The molecular formula is C16H18Cl3N5O. The second-order valence-corrected chi connectivity index (χ2v) is 7.32. The highest BCUT2D eigenvalue weighted by Gasteiger charge is 2.29. The molecule has 9 heteroatoms. The largest absolute Gasteiger partial charge is 0.382 e. The third kappa shape index (κ3) is 3.78. The number of anilines is 1. The number of nitrogens with zero attached hydrogens (tertiary/aromatic N) is 2. The highest BCUT2D eigenvalue weighted by molar-refractivity contribution is 6.36. The molecule has 0 saturated carbocycles. The van der Waals surface area contributed by atoms with Crippen molar-refractivity contribution in [1.82, 2.24) is 20.6 Å². The molecule has 3 rings (SSSR count). The summed E-state index contributed by atoms with van der Waals surface area (Å²) in [4.78, 5) is 12.6. The van der Waals surface area contributed by atoms with Gasteiger partial charge >= 0.3 is 0 Å². The van der Waals surface area contributed by atoms with Gasteiger partial charge in [0.15, 0.2) is 0 Å². The van der Waals surface area contributed by atoms with Crippen LogP contribution in [0.5, 0.6) is 0 Å². The topological polar surface area (TPSA) is 71.0 Å². The van der Waals surface area contributed by atoms with Crippen LogP contribution in [0.4, 0.5) is 5.69 Å². The lowest BCUT2D eigenvalue weighted by atomic mass is 9.97. The first kappa shape index (κ1) is 18.5.